The number of benzene rings is 3. The van der Waals surface area contributed by atoms with Gasteiger partial charge in [-0.25, -0.2) is 13.2 Å². The number of rotatable bonds is 8. The Morgan fingerprint density at radius 2 is 1.50 bits per heavy atom. The molecule has 0 aliphatic carbocycles. The maximum Gasteiger partial charge on any atom is 0.415 e. The molecule has 1 atom stereocenters. The smallest absolute Gasteiger partial charge is 0.410 e. The van der Waals surface area contributed by atoms with E-state index in [1.54, 1.807) is 30.9 Å². The molecule has 0 aromatic heterocycles. The molecule has 0 spiro atoms. The Hall–Kier alpha value is -2.91. The van der Waals surface area contributed by atoms with Gasteiger partial charge in [0.1, 0.15) is 11.4 Å². The first-order chi connectivity index (χ1) is 18.2. The van der Waals surface area contributed by atoms with Crippen molar-refractivity contribution in [2.24, 2.45) is 5.92 Å². The minimum Gasteiger partial charge on any atom is -0.410 e. The van der Waals surface area contributed by atoms with E-state index in [0.29, 0.717) is 44.0 Å². The highest BCUT2D eigenvalue weighted by molar-refractivity contribution is 7.89. The second kappa shape index (κ2) is 11.9. The van der Waals surface area contributed by atoms with Crippen molar-refractivity contribution in [2.45, 2.75) is 37.2 Å². The van der Waals surface area contributed by atoms with Crippen LogP contribution in [0.4, 0.5) is 4.79 Å². The highest BCUT2D eigenvalue weighted by atomic mass is 35.5. The van der Waals surface area contributed by atoms with Gasteiger partial charge in [-0.05, 0) is 66.3 Å². The van der Waals surface area contributed by atoms with E-state index >= 15 is 0 Å². The SMILES string of the molecule is CCN(CC)S(=O)(=O)c1ccc(OC(=O)N2CCC(C(O)(c3ccccc3)c3ccc(Cl)cc3)CC2)cc1. The first-order valence-electron chi connectivity index (χ1n) is 12.8. The van der Waals surface area contributed by atoms with Gasteiger partial charge < -0.3 is 14.7 Å². The summed E-state index contributed by atoms with van der Waals surface area (Å²) in [7, 11) is -3.58. The summed E-state index contributed by atoms with van der Waals surface area (Å²) in [4.78, 5) is 14.7. The van der Waals surface area contributed by atoms with Crippen LogP contribution in [0.5, 0.6) is 5.75 Å². The Morgan fingerprint density at radius 1 is 0.947 bits per heavy atom. The lowest BCUT2D eigenvalue weighted by Gasteiger charge is -2.42. The largest absolute Gasteiger partial charge is 0.415 e. The molecule has 1 aliphatic heterocycles. The van der Waals surface area contributed by atoms with E-state index in [-0.39, 0.29) is 16.6 Å². The number of piperidine rings is 1. The normalized spacial score (nSPS) is 16.3. The lowest BCUT2D eigenvalue weighted by Crippen LogP contribution is -2.46. The highest BCUT2D eigenvalue weighted by Crippen LogP contribution is 2.42. The number of hydrogen-bond donors (Lipinski definition) is 1. The maximum atomic E-state index is 12.9. The number of ether oxygens (including phenoxy) is 1. The summed E-state index contributed by atoms with van der Waals surface area (Å²) < 4.78 is 32.3. The van der Waals surface area contributed by atoms with E-state index < -0.39 is 21.7 Å². The molecule has 0 bridgehead atoms. The van der Waals surface area contributed by atoms with Crippen LogP contribution >= 0.6 is 11.6 Å². The van der Waals surface area contributed by atoms with Gasteiger partial charge in [-0.3, -0.25) is 0 Å². The first-order valence-corrected chi connectivity index (χ1v) is 14.6. The minimum absolute atomic E-state index is 0.125. The Balaban J connectivity index is 1.44. The van der Waals surface area contributed by atoms with E-state index in [1.165, 1.54) is 28.6 Å². The number of carbonyl (C=O) groups is 1. The summed E-state index contributed by atoms with van der Waals surface area (Å²) >= 11 is 6.10. The van der Waals surface area contributed by atoms with Crippen molar-refractivity contribution in [3.05, 3.63) is 95.0 Å². The Morgan fingerprint density at radius 3 is 2.05 bits per heavy atom. The number of carbonyl (C=O) groups excluding carboxylic acids is 1. The molecule has 1 saturated heterocycles. The third-order valence-electron chi connectivity index (χ3n) is 7.21. The minimum atomic E-state index is -3.58. The molecule has 1 fully saturated rings. The molecular formula is C29H33ClN2O5S. The molecule has 0 radical (unpaired) electrons. The van der Waals surface area contributed by atoms with Crippen LogP contribution in [0.2, 0.25) is 5.02 Å². The van der Waals surface area contributed by atoms with Gasteiger partial charge in [0.05, 0.1) is 4.90 Å². The predicted octanol–water partition coefficient (Wildman–Crippen LogP) is 5.52. The van der Waals surface area contributed by atoms with Gasteiger partial charge in [0.15, 0.2) is 0 Å². The molecule has 4 rings (SSSR count). The summed E-state index contributed by atoms with van der Waals surface area (Å²) in [5, 5.41) is 12.7. The average Bonchev–Trinajstić information content (AvgIpc) is 2.94. The van der Waals surface area contributed by atoms with Crippen molar-refractivity contribution in [3.63, 3.8) is 0 Å². The van der Waals surface area contributed by atoms with Crippen molar-refractivity contribution in [1.29, 1.82) is 0 Å². The van der Waals surface area contributed by atoms with Gasteiger partial charge in [-0.15, -0.1) is 0 Å². The Labute approximate surface area is 229 Å². The Bertz CT molecular complexity index is 1320. The van der Waals surface area contributed by atoms with Crippen molar-refractivity contribution < 1.29 is 23.1 Å². The lowest BCUT2D eigenvalue weighted by atomic mass is 9.72. The Kier molecular flexibility index (Phi) is 8.78. The van der Waals surface area contributed by atoms with Gasteiger partial charge in [0, 0.05) is 31.2 Å². The fourth-order valence-electron chi connectivity index (χ4n) is 5.07. The van der Waals surface area contributed by atoms with Gasteiger partial charge in [-0.2, -0.15) is 4.31 Å². The van der Waals surface area contributed by atoms with Crippen LogP contribution in [0.1, 0.15) is 37.8 Å². The molecule has 9 heteroatoms. The number of hydrogen-bond acceptors (Lipinski definition) is 5. The molecule has 1 unspecified atom stereocenters. The fourth-order valence-corrected chi connectivity index (χ4v) is 6.66. The molecule has 1 amide bonds. The monoisotopic (exact) mass is 556 g/mol. The van der Waals surface area contributed by atoms with Crippen LogP contribution in [0.3, 0.4) is 0 Å². The molecule has 0 saturated carbocycles. The third-order valence-corrected chi connectivity index (χ3v) is 9.53. The summed E-state index contributed by atoms with van der Waals surface area (Å²) in [6, 6.07) is 22.7. The standard InChI is InChI=1S/C29H33ClN2O5S/c1-3-32(4-2)38(35,36)27-16-14-26(15-17-27)37-28(33)31-20-18-24(19-21-31)29(34,22-8-6-5-7-9-22)23-10-12-25(30)13-11-23/h5-17,24,34H,3-4,18-21H2,1-2H3. The van der Waals surface area contributed by atoms with E-state index in [9.17, 15) is 18.3 Å². The van der Waals surface area contributed by atoms with Crippen molar-refractivity contribution in [3.8, 4) is 5.75 Å². The average molecular weight is 557 g/mol. The van der Waals surface area contributed by atoms with Crippen LogP contribution in [0.15, 0.2) is 83.8 Å². The topological polar surface area (TPSA) is 87.2 Å². The van der Waals surface area contributed by atoms with E-state index in [4.69, 9.17) is 16.3 Å². The van der Waals surface area contributed by atoms with Crippen LogP contribution in [-0.4, -0.2) is 55.0 Å². The predicted molar refractivity (Wildman–Crippen MR) is 148 cm³/mol. The maximum absolute atomic E-state index is 12.9. The third kappa shape index (κ3) is 5.73. The molecule has 7 nitrogen and oxygen atoms in total. The molecule has 3 aromatic rings. The summed E-state index contributed by atoms with van der Waals surface area (Å²) in [6.07, 6.45) is 0.645. The number of nitrogens with zero attached hydrogens (tertiary/aromatic N) is 2. The molecule has 202 valence electrons. The number of likely N-dealkylation sites (tertiary alicyclic amines) is 1. The second-order valence-corrected chi connectivity index (χ2v) is 11.7. The summed E-state index contributed by atoms with van der Waals surface area (Å²) in [5.41, 5.74) is 0.325. The second-order valence-electron chi connectivity index (χ2n) is 9.33. The molecule has 1 N–H and O–H groups in total. The lowest BCUT2D eigenvalue weighted by molar-refractivity contribution is -0.0115. The molecule has 38 heavy (non-hydrogen) atoms. The first kappa shape index (κ1) is 28.1. The number of aliphatic hydroxyl groups is 1. The van der Waals surface area contributed by atoms with Crippen LogP contribution in [0, 0.1) is 5.92 Å². The van der Waals surface area contributed by atoms with Crippen LogP contribution < -0.4 is 4.74 Å². The molecule has 1 heterocycles. The zero-order valence-electron chi connectivity index (χ0n) is 21.6. The molecule has 1 aliphatic rings. The van der Waals surface area contributed by atoms with Gasteiger partial charge >= 0.3 is 6.09 Å². The van der Waals surface area contributed by atoms with Crippen LogP contribution in [-0.2, 0) is 15.6 Å². The van der Waals surface area contributed by atoms with Gasteiger partial charge in [0.2, 0.25) is 10.0 Å². The number of amides is 1. The highest BCUT2D eigenvalue weighted by Gasteiger charge is 2.42. The number of halogens is 1. The summed E-state index contributed by atoms with van der Waals surface area (Å²) in [6.45, 7) is 5.17. The zero-order valence-corrected chi connectivity index (χ0v) is 23.2. The van der Waals surface area contributed by atoms with Crippen molar-refractivity contribution >= 4 is 27.7 Å². The number of sulfonamides is 1. The van der Waals surface area contributed by atoms with Crippen LogP contribution in [0.25, 0.3) is 0 Å². The van der Waals surface area contributed by atoms with Crippen molar-refractivity contribution in [1.82, 2.24) is 9.21 Å². The van der Waals surface area contributed by atoms with Gasteiger partial charge in [-0.1, -0.05) is 67.9 Å². The molecule has 3 aromatic carbocycles. The van der Waals surface area contributed by atoms with Gasteiger partial charge in [0.25, 0.3) is 0 Å². The zero-order chi connectivity index (χ0) is 27.3. The quantitative estimate of drug-likeness (QED) is 0.395. The van der Waals surface area contributed by atoms with Crippen molar-refractivity contribution in [2.75, 3.05) is 26.2 Å². The molecular weight excluding hydrogens is 524 g/mol. The fraction of sp³-hybridized carbons (Fsp3) is 0.345. The summed E-state index contributed by atoms with van der Waals surface area (Å²) in [5.74, 6) is 0.150. The van der Waals surface area contributed by atoms with E-state index in [0.717, 1.165) is 11.1 Å². The van der Waals surface area contributed by atoms with E-state index in [2.05, 4.69) is 0 Å². The van der Waals surface area contributed by atoms with E-state index in [1.807, 2.05) is 42.5 Å².